The summed E-state index contributed by atoms with van der Waals surface area (Å²) in [5.41, 5.74) is 8.79. The molecule has 1 saturated carbocycles. The largest absolute Gasteiger partial charge is 0.478 e. The lowest BCUT2D eigenvalue weighted by atomic mass is 9.81. The molecule has 0 bridgehead atoms. The topological polar surface area (TPSA) is 144 Å². The van der Waals surface area contributed by atoms with Crippen LogP contribution >= 0.6 is 0 Å². The highest BCUT2D eigenvalue weighted by Crippen LogP contribution is 2.31. The van der Waals surface area contributed by atoms with E-state index < -0.39 is 17.7 Å². The quantitative estimate of drug-likeness (QED) is 0.239. The van der Waals surface area contributed by atoms with Crippen LogP contribution in [0, 0.1) is 11.8 Å². The second-order valence-corrected chi connectivity index (χ2v) is 11.9. The summed E-state index contributed by atoms with van der Waals surface area (Å²) < 4.78 is 5.33. The lowest BCUT2D eigenvalue weighted by molar-refractivity contribution is -0.127. The number of nitrogens with two attached hydrogens (primary N) is 1. The number of carboxylic acid groups (broad SMARTS) is 1. The summed E-state index contributed by atoms with van der Waals surface area (Å²) in [6.45, 7) is 6.03. The molecule has 1 aromatic heterocycles. The molecule has 1 atom stereocenters. The average molecular weight is 573 g/mol. The van der Waals surface area contributed by atoms with E-state index in [1.165, 1.54) is 0 Å². The molecule has 9 nitrogen and oxygen atoms in total. The molecule has 9 heteroatoms. The van der Waals surface area contributed by atoms with E-state index in [4.69, 9.17) is 10.5 Å². The number of carbonyl (C=O) groups excluding carboxylic acids is 2. The van der Waals surface area contributed by atoms with Gasteiger partial charge in [-0.15, -0.1) is 0 Å². The number of aromatic carboxylic acids is 1. The Labute approximate surface area is 246 Å². The van der Waals surface area contributed by atoms with Gasteiger partial charge in [0.15, 0.2) is 0 Å². The van der Waals surface area contributed by atoms with Crippen molar-refractivity contribution in [3.8, 4) is 11.1 Å². The number of anilines is 1. The van der Waals surface area contributed by atoms with Crippen LogP contribution in [0.3, 0.4) is 0 Å². The number of benzene rings is 2. The summed E-state index contributed by atoms with van der Waals surface area (Å²) >= 11 is 0. The van der Waals surface area contributed by atoms with Crippen molar-refractivity contribution in [3.63, 3.8) is 0 Å². The predicted octanol–water partition coefficient (Wildman–Crippen LogP) is 5.76. The van der Waals surface area contributed by atoms with E-state index in [1.54, 1.807) is 24.4 Å². The number of nitrogens with one attached hydrogen (secondary N) is 2. The Morgan fingerprint density at radius 1 is 1.00 bits per heavy atom. The Hall–Kier alpha value is -4.40. The van der Waals surface area contributed by atoms with Gasteiger partial charge in [0.05, 0.1) is 17.3 Å². The van der Waals surface area contributed by atoms with Crippen molar-refractivity contribution in [2.45, 2.75) is 64.5 Å². The third-order valence-electron chi connectivity index (χ3n) is 7.51. The van der Waals surface area contributed by atoms with Gasteiger partial charge in [0.25, 0.3) is 0 Å². The molecule has 1 heterocycles. The van der Waals surface area contributed by atoms with Crippen molar-refractivity contribution in [1.82, 2.24) is 15.6 Å². The van der Waals surface area contributed by atoms with Crippen LogP contribution in [0.5, 0.6) is 0 Å². The number of pyridine rings is 1. The van der Waals surface area contributed by atoms with E-state index in [-0.39, 0.29) is 29.1 Å². The molecule has 0 aliphatic heterocycles. The van der Waals surface area contributed by atoms with Crippen LogP contribution in [-0.4, -0.2) is 40.2 Å². The second-order valence-electron chi connectivity index (χ2n) is 11.9. The highest BCUT2D eigenvalue weighted by molar-refractivity contribution is 5.95. The molecule has 2 amide bonds. The number of hydrogen-bond acceptors (Lipinski definition) is 6. The number of nitrogen functional groups attached to an aromatic ring is 1. The number of nitrogens with zero attached hydrogens (tertiary/aromatic N) is 1. The van der Waals surface area contributed by atoms with Crippen LogP contribution in [0.25, 0.3) is 11.1 Å². The summed E-state index contributed by atoms with van der Waals surface area (Å²) in [4.78, 5) is 41.8. The van der Waals surface area contributed by atoms with Gasteiger partial charge in [-0.05, 0) is 99.7 Å². The van der Waals surface area contributed by atoms with Crippen molar-refractivity contribution in [2.75, 3.05) is 12.3 Å². The number of ether oxygens (including phenoxy) is 1. The van der Waals surface area contributed by atoms with Gasteiger partial charge in [-0.25, -0.2) is 9.59 Å². The van der Waals surface area contributed by atoms with Crippen LogP contribution in [0.1, 0.15) is 74.1 Å². The highest BCUT2D eigenvalue weighted by Gasteiger charge is 2.29. The molecule has 3 aromatic rings. The molecule has 1 fully saturated rings. The Kier molecular flexibility index (Phi) is 9.83. The van der Waals surface area contributed by atoms with Gasteiger partial charge >= 0.3 is 12.1 Å². The summed E-state index contributed by atoms with van der Waals surface area (Å²) in [6, 6.07) is 18.2. The molecule has 0 radical (unpaired) electrons. The molecule has 42 heavy (non-hydrogen) atoms. The lowest BCUT2D eigenvalue weighted by Crippen LogP contribution is -2.39. The maximum Gasteiger partial charge on any atom is 0.407 e. The van der Waals surface area contributed by atoms with Crippen LogP contribution in [0.4, 0.5) is 10.5 Å². The van der Waals surface area contributed by atoms with E-state index in [1.807, 2.05) is 63.2 Å². The van der Waals surface area contributed by atoms with Crippen LogP contribution in [0.15, 0.2) is 66.9 Å². The van der Waals surface area contributed by atoms with Crippen LogP contribution in [0.2, 0.25) is 0 Å². The first kappa shape index (κ1) is 30.6. The van der Waals surface area contributed by atoms with Gasteiger partial charge in [-0.3, -0.25) is 9.78 Å². The molecule has 1 unspecified atom stereocenters. The minimum Gasteiger partial charge on any atom is -0.478 e. The summed E-state index contributed by atoms with van der Waals surface area (Å²) in [6.07, 6.45) is 4.97. The maximum atomic E-state index is 13.5. The van der Waals surface area contributed by atoms with E-state index in [2.05, 4.69) is 15.6 Å². The van der Waals surface area contributed by atoms with Crippen molar-refractivity contribution in [2.24, 2.45) is 11.8 Å². The molecule has 0 spiro atoms. The number of carbonyl (C=O) groups is 3. The Balaban J connectivity index is 1.45. The molecule has 1 aliphatic rings. The first-order chi connectivity index (χ1) is 20.0. The number of alkyl carbamates (subject to hydrolysis) is 1. The molecular weight excluding hydrogens is 532 g/mol. The second kappa shape index (κ2) is 13.5. The maximum absolute atomic E-state index is 13.5. The Bertz CT molecular complexity index is 1400. The zero-order valence-electron chi connectivity index (χ0n) is 24.4. The van der Waals surface area contributed by atoms with E-state index in [0.29, 0.717) is 30.1 Å². The monoisotopic (exact) mass is 572 g/mol. The molecule has 222 valence electrons. The van der Waals surface area contributed by atoms with E-state index >= 15 is 0 Å². The third kappa shape index (κ3) is 8.55. The summed E-state index contributed by atoms with van der Waals surface area (Å²) in [7, 11) is 0. The smallest absolute Gasteiger partial charge is 0.407 e. The molecular formula is C33H40N4O5. The molecule has 5 N–H and O–H groups in total. The van der Waals surface area contributed by atoms with Gasteiger partial charge in [0.2, 0.25) is 5.91 Å². The zero-order valence-corrected chi connectivity index (χ0v) is 24.4. The van der Waals surface area contributed by atoms with Crippen LogP contribution < -0.4 is 16.4 Å². The standard InChI is InChI=1S/C33H40N4O5/c1-33(2,3)42-32(41)36-20-22-9-11-23(12-10-22)30(38)37-29(17-21-7-5-4-6-8-21)28-19-25(15-16-35-28)24-13-14-27(34)26(18-24)31(39)40/h4-8,13-16,18-19,22-23,29H,9-12,17,20,34H2,1-3H3,(H,36,41)(H,37,38)(H,39,40). The van der Waals surface area contributed by atoms with Gasteiger partial charge in [-0.1, -0.05) is 36.4 Å². The van der Waals surface area contributed by atoms with E-state index in [9.17, 15) is 19.5 Å². The number of rotatable bonds is 9. The van der Waals surface area contributed by atoms with E-state index in [0.717, 1.165) is 36.8 Å². The molecule has 4 rings (SSSR count). The van der Waals surface area contributed by atoms with Crippen molar-refractivity contribution >= 4 is 23.7 Å². The highest BCUT2D eigenvalue weighted by atomic mass is 16.6. The first-order valence-electron chi connectivity index (χ1n) is 14.4. The van der Waals surface area contributed by atoms with Crippen LogP contribution in [-0.2, 0) is 16.0 Å². The molecule has 2 aromatic carbocycles. The average Bonchev–Trinajstić information content (AvgIpc) is 2.96. The number of carboxylic acids is 1. The Morgan fingerprint density at radius 2 is 1.69 bits per heavy atom. The van der Waals surface area contributed by atoms with Gasteiger partial charge in [0, 0.05) is 24.3 Å². The summed E-state index contributed by atoms with van der Waals surface area (Å²) in [5, 5.41) is 15.6. The van der Waals surface area contributed by atoms with Gasteiger partial charge in [-0.2, -0.15) is 0 Å². The predicted molar refractivity (Wildman–Crippen MR) is 162 cm³/mol. The Morgan fingerprint density at radius 3 is 2.36 bits per heavy atom. The van der Waals surface area contributed by atoms with Crippen molar-refractivity contribution < 1.29 is 24.2 Å². The fourth-order valence-corrected chi connectivity index (χ4v) is 5.28. The van der Waals surface area contributed by atoms with Gasteiger partial charge < -0.3 is 26.2 Å². The fraction of sp³-hybridized carbons (Fsp3) is 0.394. The number of amides is 2. The third-order valence-corrected chi connectivity index (χ3v) is 7.51. The minimum atomic E-state index is -1.09. The SMILES string of the molecule is CC(C)(C)OC(=O)NCC1CCC(C(=O)NC(Cc2ccccc2)c2cc(-c3ccc(N)c(C(=O)O)c3)ccn2)CC1. The fourth-order valence-electron chi connectivity index (χ4n) is 5.28. The minimum absolute atomic E-state index is 0.0117. The lowest BCUT2D eigenvalue weighted by Gasteiger charge is -2.30. The van der Waals surface area contributed by atoms with Crippen molar-refractivity contribution in [3.05, 3.63) is 83.7 Å². The number of aromatic nitrogens is 1. The zero-order chi connectivity index (χ0) is 30.3. The molecule has 1 aliphatic carbocycles. The van der Waals surface area contributed by atoms with Crippen molar-refractivity contribution in [1.29, 1.82) is 0 Å². The normalized spacial score (nSPS) is 17.6. The van der Waals surface area contributed by atoms with Gasteiger partial charge in [0.1, 0.15) is 5.60 Å². The first-order valence-corrected chi connectivity index (χ1v) is 14.4. The molecule has 0 saturated heterocycles. The summed E-state index contributed by atoms with van der Waals surface area (Å²) in [5.74, 6) is -0.925. The number of hydrogen-bond donors (Lipinski definition) is 4.